The number of carboxylic acid groups (broad SMARTS) is 1. The lowest BCUT2D eigenvalue weighted by atomic mass is 9.88. The van der Waals surface area contributed by atoms with Gasteiger partial charge in [-0.25, -0.2) is 0 Å². The fourth-order valence-corrected chi connectivity index (χ4v) is 2.24. The summed E-state index contributed by atoms with van der Waals surface area (Å²) in [5, 5.41) is 31.4. The van der Waals surface area contributed by atoms with Crippen molar-refractivity contribution in [1.82, 2.24) is 5.32 Å². The number of aromatic hydroxyl groups is 2. The number of aliphatic carboxylic acids is 1. The first-order valence-electron chi connectivity index (χ1n) is 5.42. The Labute approximate surface area is 98.7 Å². The molecule has 1 atom stereocenters. The molecule has 2 rings (SSSR count). The van der Waals surface area contributed by atoms with Crippen molar-refractivity contribution in [2.45, 2.75) is 32.9 Å². The highest BCUT2D eigenvalue weighted by Crippen LogP contribution is 2.39. The van der Waals surface area contributed by atoms with Crippen LogP contribution in [0.1, 0.15) is 22.3 Å². The number of benzene rings is 1. The van der Waals surface area contributed by atoms with E-state index in [4.69, 9.17) is 5.11 Å². The van der Waals surface area contributed by atoms with Gasteiger partial charge < -0.3 is 15.3 Å². The topological polar surface area (TPSA) is 89.8 Å². The molecular formula is C12H15NO4. The molecule has 0 radical (unpaired) electrons. The van der Waals surface area contributed by atoms with Gasteiger partial charge in [0.15, 0.2) is 11.5 Å². The molecule has 17 heavy (non-hydrogen) atoms. The summed E-state index contributed by atoms with van der Waals surface area (Å²) < 4.78 is 0. The standard InChI is InChI=1S/C12H15NO4/c1-5-6(2)10(14)11(15)8-4-13-9(12(16)17)3-7(5)8/h9,13-15H,3-4H2,1-2H3,(H,16,17). The fourth-order valence-electron chi connectivity index (χ4n) is 2.24. The van der Waals surface area contributed by atoms with Crippen molar-refractivity contribution < 1.29 is 20.1 Å². The molecule has 1 heterocycles. The first-order chi connectivity index (χ1) is 7.93. The van der Waals surface area contributed by atoms with Crippen LogP contribution in [-0.2, 0) is 17.8 Å². The number of phenolic OH excluding ortho intramolecular Hbond substituents is 2. The summed E-state index contributed by atoms with van der Waals surface area (Å²) in [5.41, 5.74) is 2.88. The van der Waals surface area contributed by atoms with E-state index in [9.17, 15) is 15.0 Å². The van der Waals surface area contributed by atoms with Crippen molar-refractivity contribution in [2.75, 3.05) is 0 Å². The Bertz CT molecular complexity index is 496. The predicted octanol–water partition coefficient (Wildman–Crippen LogP) is 0.814. The Morgan fingerprint density at radius 2 is 1.82 bits per heavy atom. The fraction of sp³-hybridized carbons (Fsp3) is 0.417. The normalized spacial score (nSPS) is 18.8. The largest absolute Gasteiger partial charge is 0.504 e. The van der Waals surface area contributed by atoms with E-state index in [1.165, 1.54) is 0 Å². The van der Waals surface area contributed by atoms with Crippen LogP contribution in [0.2, 0.25) is 0 Å². The molecule has 0 spiro atoms. The zero-order valence-electron chi connectivity index (χ0n) is 9.74. The molecule has 4 N–H and O–H groups in total. The highest BCUT2D eigenvalue weighted by molar-refractivity contribution is 5.75. The van der Waals surface area contributed by atoms with E-state index >= 15 is 0 Å². The van der Waals surface area contributed by atoms with Gasteiger partial charge in [0, 0.05) is 12.1 Å². The molecule has 0 aliphatic carbocycles. The maximum atomic E-state index is 10.9. The molecule has 0 saturated heterocycles. The second-order valence-electron chi connectivity index (χ2n) is 4.38. The van der Waals surface area contributed by atoms with Crippen molar-refractivity contribution in [2.24, 2.45) is 0 Å². The molecule has 5 heteroatoms. The highest BCUT2D eigenvalue weighted by Gasteiger charge is 2.28. The summed E-state index contributed by atoms with van der Waals surface area (Å²) >= 11 is 0. The van der Waals surface area contributed by atoms with E-state index in [1.54, 1.807) is 6.92 Å². The van der Waals surface area contributed by atoms with Crippen molar-refractivity contribution in [3.05, 3.63) is 22.3 Å². The molecule has 1 aromatic carbocycles. The highest BCUT2D eigenvalue weighted by atomic mass is 16.4. The van der Waals surface area contributed by atoms with E-state index in [0.29, 0.717) is 17.5 Å². The number of nitrogens with one attached hydrogen (secondary N) is 1. The number of carboxylic acids is 1. The number of phenols is 2. The van der Waals surface area contributed by atoms with Crippen molar-refractivity contribution in [1.29, 1.82) is 0 Å². The zero-order valence-corrected chi connectivity index (χ0v) is 9.74. The Kier molecular flexibility index (Phi) is 2.71. The Morgan fingerprint density at radius 1 is 1.18 bits per heavy atom. The molecule has 0 fully saturated rings. The van der Waals surface area contributed by atoms with Gasteiger partial charge in [0.25, 0.3) is 0 Å². The van der Waals surface area contributed by atoms with Gasteiger partial charge in [-0.1, -0.05) is 0 Å². The van der Waals surface area contributed by atoms with Gasteiger partial charge in [-0.05, 0) is 37.0 Å². The first kappa shape index (κ1) is 11.7. The van der Waals surface area contributed by atoms with Crippen LogP contribution in [0.5, 0.6) is 11.5 Å². The van der Waals surface area contributed by atoms with E-state index in [1.807, 2.05) is 6.92 Å². The van der Waals surface area contributed by atoms with Crippen LogP contribution in [0, 0.1) is 13.8 Å². The monoisotopic (exact) mass is 237 g/mol. The van der Waals surface area contributed by atoms with Gasteiger partial charge >= 0.3 is 5.97 Å². The maximum Gasteiger partial charge on any atom is 0.321 e. The molecule has 0 aromatic heterocycles. The van der Waals surface area contributed by atoms with Gasteiger partial charge in [0.2, 0.25) is 0 Å². The first-order valence-corrected chi connectivity index (χ1v) is 5.42. The minimum atomic E-state index is -0.903. The van der Waals surface area contributed by atoms with Crippen molar-refractivity contribution in [3.8, 4) is 11.5 Å². The lowest BCUT2D eigenvalue weighted by Crippen LogP contribution is -2.42. The number of rotatable bonds is 1. The number of fused-ring (bicyclic) bond motifs is 1. The predicted molar refractivity (Wildman–Crippen MR) is 61.2 cm³/mol. The molecule has 0 saturated carbocycles. The lowest BCUT2D eigenvalue weighted by Gasteiger charge is -2.27. The van der Waals surface area contributed by atoms with E-state index in [-0.39, 0.29) is 18.0 Å². The molecule has 5 nitrogen and oxygen atoms in total. The number of hydrogen-bond acceptors (Lipinski definition) is 4. The van der Waals surface area contributed by atoms with Crippen LogP contribution in [0.15, 0.2) is 0 Å². The van der Waals surface area contributed by atoms with Crippen LogP contribution in [0.25, 0.3) is 0 Å². The Balaban J connectivity index is 2.55. The molecule has 92 valence electrons. The molecule has 1 unspecified atom stereocenters. The second kappa shape index (κ2) is 3.92. The van der Waals surface area contributed by atoms with Gasteiger partial charge in [0.1, 0.15) is 6.04 Å². The van der Waals surface area contributed by atoms with Gasteiger partial charge in [-0.3, -0.25) is 10.1 Å². The average molecular weight is 237 g/mol. The summed E-state index contributed by atoms with van der Waals surface area (Å²) in [5.74, 6) is -1.16. The SMILES string of the molecule is Cc1c(C)c2c(c(O)c1O)CNC(C(=O)O)C2. The molecule has 0 bridgehead atoms. The second-order valence-corrected chi connectivity index (χ2v) is 4.38. The summed E-state index contributed by atoms with van der Waals surface area (Å²) in [6, 6.07) is -0.635. The quantitative estimate of drug-likeness (QED) is 0.543. The minimum absolute atomic E-state index is 0.114. The number of hydrogen-bond donors (Lipinski definition) is 4. The Hall–Kier alpha value is -1.75. The molecule has 0 amide bonds. The Morgan fingerprint density at radius 3 is 2.41 bits per heavy atom. The minimum Gasteiger partial charge on any atom is -0.504 e. The van der Waals surface area contributed by atoms with Crippen LogP contribution < -0.4 is 5.32 Å². The molecule has 1 aliphatic rings. The third kappa shape index (κ3) is 1.72. The van der Waals surface area contributed by atoms with Crippen LogP contribution in [-0.4, -0.2) is 27.3 Å². The van der Waals surface area contributed by atoms with Gasteiger partial charge in [-0.2, -0.15) is 0 Å². The molecule has 1 aromatic rings. The smallest absolute Gasteiger partial charge is 0.321 e. The summed E-state index contributed by atoms with van der Waals surface area (Å²) in [6.07, 6.45) is 0.325. The average Bonchev–Trinajstić information content (AvgIpc) is 2.32. The summed E-state index contributed by atoms with van der Waals surface area (Å²) in [6.45, 7) is 3.80. The summed E-state index contributed by atoms with van der Waals surface area (Å²) in [7, 11) is 0. The van der Waals surface area contributed by atoms with Crippen LogP contribution in [0.4, 0.5) is 0 Å². The van der Waals surface area contributed by atoms with Crippen LogP contribution in [0.3, 0.4) is 0 Å². The van der Waals surface area contributed by atoms with Gasteiger partial charge in [-0.15, -0.1) is 0 Å². The van der Waals surface area contributed by atoms with Crippen molar-refractivity contribution in [3.63, 3.8) is 0 Å². The third-order valence-electron chi connectivity index (χ3n) is 3.48. The number of carbonyl (C=O) groups is 1. The van der Waals surface area contributed by atoms with Gasteiger partial charge in [0.05, 0.1) is 0 Å². The van der Waals surface area contributed by atoms with E-state index in [0.717, 1.165) is 11.1 Å². The molecule has 1 aliphatic heterocycles. The zero-order chi connectivity index (χ0) is 12.7. The van der Waals surface area contributed by atoms with Crippen LogP contribution >= 0.6 is 0 Å². The van der Waals surface area contributed by atoms with Crippen molar-refractivity contribution >= 4 is 5.97 Å². The lowest BCUT2D eigenvalue weighted by molar-refractivity contribution is -0.139. The maximum absolute atomic E-state index is 10.9. The molecular weight excluding hydrogens is 222 g/mol. The summed E-state index contributed by atoms with van der Waals surface area (Å²) in [4.78, 5) is 10.9. The van der Waals surface area contributed by atoms with E-state index in [2.05, 4.69) is 5.32 Å². The third-order valence-corrected chi connectivity index (χ3v) is 3.48. The van der Waals surface area contributed by atoms with E-state index < -0.39 is 12.0 Å².